The van der Waals surface area contributed by atoms with Gasteiger partial charge >= 0.3 is 0 Å². The second kappa shape index (κ2) is 29.2. The summed E-state index contributed by atoms with van der Waals surface area (Å²) in [6.07, 6.45) is -8.90. The number of carbonyl (C=O) groups is 7. The minimum Gasteiger partial charge on any atom is -0.504 e. The van der Waals surface area contributed by atoms with E-state index in [2.05, 4.69) is 38.7 Å². The Morgan fingerprint density at radius 2 is 1.43 bits per heavy atom. The number of ether oxygens (including phenoxy) is 1. The number of β-amino-alcohol motifs (C(OH)–C–C–N with tert-alkyl or cyclic N) is 1. The highest BCUT2D eigenvalue weighted by Crippen LogP contribution is 2.30. The number of phenolic OH excluding ortho intramolecular Hbond substituents is 2. The first-order valence-corrected chi connectivity index (χ1v) is 27.3. The second-order valence-corrected chi connectivity index (χ2v) is 21.1. The Morgan fingerprint density at radius 3 is 2.10 bits per heavy atom. The number of phenols is 2. The first-order valence-electron chi connectivity index (χ1n) is 27.3. The van der Waals surface area contributed by atoms with E-state index < -0.39 is 164 Å². The fourth-order valence-electron chi connectivity index (χ4n) is 10.1. The van der Waals surface area contributed by atoms with Gasteiger partial charge in [-0.3, -0.25) is 33.6 Å². The zero-order valence-corrected chi connectivity index (χ0v) is 46.8. The van der Waals surface area contributed by atoms with Crippen LogP contribution in [-0.4, -0.2) is 203 Å². The molecule has 7 rings (SSSR count). The number of aliphatic hydroxyl groups is 6. The van der Waals surface area contributed by atoms with Crippen molar-refractivity contribution in [1.29, 1.82) is 0 Å². The number of carbonyl (C=O) groups excluding carboxylic acids is 7. The van der Waals surface area contributed by atoms with Gasteiger partial charge in [0.05, 0.1) is 43.2 Å². The number of amides is 7. The molecular weight excluding hydrogens is 1110 g/mol. The van der Waals surface area contributed by atoms with Gasteiger partial charge in [0, 0.05) is 67.6 Å². The van der Waals surface area contributed by atoms with E-state index in [0.29, 0.717) is 29.4 Å². The molecule has 4 heterocycles. The standard InChI is InChI=1S/C56H73N9O17.ClH/c1-4-5-6-19-81-36-14-12-32(13-15-36)44-24-37(63-82-44)31-8-10-33(11-9-31)50(74)59-38-22-34(67)25-58-54(78)48-49(73)28(2)26-65(48)56(80)47(41(70)17-18-57)62-53(77)46(43(72)21-30-7-16-40(69)42(71)20-30)61-52(76)39-23-35(68)27-64(39)55(79)45(29(3)66)60-51(38)75;/h7-16,20,24,28-29,34-35,38-39,41,43,45-49,66-73H,4-6,17-19,21-23,25-27,57H2,1-3H3,(H,58,78)(H,59,74)(H,60,75)(H,61,76)(H,62,77);1H/t28-,29+,34+,35+,38+,39+,41-,43-,45+,46+,47+,48+,49+;/m1./s1. The van der Waals surface area contributed by atoms with Gasteiger partial charge < -0.3 is 92.2 Å². The van der Waals surface area contributed by atoms with Gasteiger partial charge in [0.15, 0.2) is 17.3 Å². The predicted octanol–water partition coefficient (Wildman–Crippen LogP) is -1.29. The Labute approximate surface area is 484 Å². The maximum Gasteiger partial charge on any atom is 0.251 e. The number of hydrogen-bond donors (Lipinski definition) is 14. The highest BCUT2D eigenvalue weighted by Gasteiger charge is 2.49. The lowest BCUT2D eigenvalue weighted by atomic mass is 9.98. The van der Waals surface area contributed by atoms with Gasteiger partial charge in [-0.1, -0.05) is 50.0 Å². The molecule has 452 valence electrons. The van der Waals surface area contributed by atoms with E-state index >= 15 is 0 Å². The molecule has 0 spiro atoms. The van der Waals surface area contributed by atoms with E-state index in [1.54, 1.807) is 18.2 Å². The molecule has 26 nitrogen and oxygen atoms in total. The van der Waals surface area contributed by atoms with Crippen molar-refractivity contribution in [2.45, 2.75) is 139 Å². The Kier molecular flexibility index (Phi) is 22.8. The summed E-state index contributed by atoms with van der Waals surface area (Å²) in [4.78, 5) is 102. The molecule has 0 bridgehead atoms. The van der Waals surface area contributed by atoms with E-state index in [4.69, 9.17) is 15.0 Å². The average Bonchev–Trinajstić information content (AvgIpc) is 4.01. The van der Waals surface area contributed by atoms with Crippen molar-refractivity contribution >= 4 is 53.8 Å². The van der Waals surface area contributed by atoms with E-state index in [1.165, 1.54) is 25.1 Å². The molecule has 0 radical (unpaired) electrons. The zero-order chi connectivity index (χ0) is 59.5. The Morgan fingerprint density at radius 1 is 0.771 bits per heavy atom. The summed E-state index contributed by atoms with van der Waals surface area (Å²) in [6.45, 7) is 3.65. The van der Waals surface area contributed by atoms with Crippen molar-refractivity contribution in [2.75, 3.05) is 32.8 Å². The van der Waals surface area contributed by atoms with Crippen LogP contribution in [0.5, 0.6) is 17.2 Å². The fourth-order valence-corrected chi connectivity index (χ4v) is 10.1. The second-order valence-electron chi connectivity index (χ2n) is 21.1. The highest BCUT2D eigenvalue weighted by atomic mass is 35.5. The maximum absolute atomic E-state index is 14.6. The van der Waals surface area contributed by atoms with Crippen LogP contribution in [0.1, 0.15) is 75.2 Å². The lowest BCUT2D eigenvalue weighted by molar-refractivity contribution is -0.147. The van der Waals surface area contributed by atoms with Crippen LogP contribution in [0.3, 0.4) is 0 Å². The lowest BCUT2D eigenvalue weighted by Crippen LogP contribution is -2.64. The molecule has 3 fully saturated rings. The molecular formula is C56H74ClN9O17. The van der Waals surface area contributed by atoms with Crippen molar-refractivity contribution in [2.24, 2.45) is 11.7 Å². The first kappa shape index (κ1) is 64.7. The van der Waals surface area contributed by atoms with Crippen molar-refractivity contribution in [3.8, 4) is 39.8 Å². The average molecular weight is 1180 g/mol. The number of benzene rings is 3. The van der Waals surface area contributed by atoms with Gasteiger partial charge in [0.2, 0.25) is 35.4 Å². The van der Waals surface area contributed by atoms with Crippen molar-refractivity contribution in [3.05, 3.63) is 83.9 Å². The minimum atomic E-state index is -2.06. The van der Waals surface area contributed by atoms with Crippen molar-refractivity contribution in [1.82, 2.24) is 41.5 Å². The third kappa shape index (κ3) is 16.0. The van der Waals surface area contributed by atoms with Crippen molar-refractivity contribution < 1.29 is 83.7 Å². The Bertz CT molecular complexity index is 2900. The summed E-state index contributed by atoms with van der Waals surface area (Å²) < 4.78 is 11.4. The molecule has 0 unspecified atom stereocenters. The molecule has 0 aliphatic carbocycles. The number of rotatable bonds is 16. The summed E-state index contributed by atoms with van der Waals surface area (Å²) in [5, 5.41) is 104. The number of unbranched alkanes of at least 4 members (excludes halogenated alkanes) is 2. The summed E-state index contributed by atoms with van der Waals surface area (Å²) in [6, 6.07) is 7.53. The monoisotopic (exact) mass is 1180 g/mol. The summed E-state index contributed by atoms with van der Waals surface area (Å²) in [7, 11) is 0. The van der Waals surface area contributed by atoms with Gasteiger partial charge in [0.25, 0.3) is 5.91 Å². The molecule has 27 heteroatoms. The number of nitrogens with two attached hydrogens (primary N) is 1. The molecule has 1 aromatic heterocycles. The van der Waals surface area contributed by atoms with Crippen LogP contribution < -0.4 is 37.1 Å². The lowest BCUT2D eigenvalue weighted by Gasteiger charge is -2.34. The zero-order valence-electron chi connectivity index (χ0n) is 46.0. The number of hydrogen-bond acceptors (Lipinski definition) is 19. The molecule has 4 aromatic rings. The Balaban J connectivity index is 0.0000111. The van der Waals surface area contributed by atoms with Crippen LogP contribution >= 0.6 is 12.4 Å². The van der Waals surface area contributed by atoms with Crippen LogP contribution in [0.25, 0.3) is 22.6 Å². The van der Waals surface area contributed by atoms with Crippen LogP contribution in [0.15, 0.2) is 77.3 Å². The van der Waals surface area contributed by atoms with Crippen LogP contribution in [-0.2, 0) is 35.2 Å². The molecule has 7 amide bonds. The minimum absolute atomic E-state index is 0. The fraction of sp³-hybridized carbons (Fsp3) is 0.500. The Hall–Kier alpha value is -7.43. The van der Waals surface area contributed by atoms with Crippen LogP contribution in [0.2, 0.25) is 0 Å². The number of aromatic nitrogens is 1. The van der Waals surface area contributed by atoms with Crippen molar-refractivity contribution in [3.63, 3.8) is 0 Å². The van der Waals surface area contributed by atoms with Gasteiger partial charge in [-0.05, 0) is 80.4 Å². The smallest absolute Gasteiger partial charge is 0.251 e. The number of nitrogens with zero attached hydrogens (tertiary/aromatic N) is 3. The molecule has 15 N–H and O–H groups in total. The molecule has 83 heavy (non-hydrogen) atoms. The van der Waals surface area contributed by atoms with Gasteiger partial charge in [-0.2, -0.15) is 0 Å². The van der Waals surface area contributed by atoms with E-state index in [9.17, 15) is 74.4 Å². The number of aliphatic hydroxyl groups excluding tert-OH is 6. The van der Waals surface area contributed by atoms with E-state index in [-0.39, 0.29) is 43.0 Å². The van der Waals surface area contributed by atoms with Crippen LogP contribution in [0, 0.1) is 5.92 Å². The van der Waals surface area contributed by atoms with Crippen LogP contribution in [0.4, 0.5) is 0 Å². The highest BCUT2D eigenvalue weighted by molar-refractivity contribution is 6.00. The largest absolute Gasteiger partial charge is 0.504 e. The summed E-state index contributed by atoms with van der Waals surface area (Å²) in [5.74, 6) is -8.38. The predicted molar refractivity (Wildman–Crippen MR) is 298 cm³/mol. The molecule has 3 aliphatic heterocycles. The summed E-state index contributed by atoms with van der Waals surface area (Å²) >= 11 is 0. The molecule has 3 aliphatic rings. The molecule has 0 saturated carbocycles. The first-order chi connectivity index (χ1) is 39.1. The van der Waals surface area contributed by atoms with E-state index in [1.807, 2.05) is 24.3 Å². The normalized spacial score (nSPS) is 26.0. The third-order valence-electron chi connectivity index (χ3n) is 14.8. The SMILES string of the molecule is CCCCCOc1ccc(-c2cc(-c3ccc(C(=O)N[C@H]4C[C@H](O)CNC(=O)[C@@H]5[C@@H](O)[C@H](C)CN5C(=O)[C@H]([C@H](O)CCN)NC(=O)[C@H]([C@H](O)Cc5ccc(O)c(O)c5)NC(=O)[C@@H]5C[C@H](O)CN5C(=O)[C@H]([C@H](C)O)NC4=O)cc3)no2)cc1.Cl. The van der Waals surface area contributed by atoms with E-state index in [0.717, 1.165) is 53.7 Å². The van der Waals surface area contributed by atoms with Gasteiger partial charge in [-0.25, -0.2) is 0 Å². The molecule has 3 aromatic carbocycles. The topological polar surface area (TPSA) is 409 Å². The maximum atomic E-state index is 14.6. The van der Waals surface area contributed by atoms with Gasteiger partial charge in [0.1, 0.15) is 47.7 Å². The third-order valence-corrected chi connectivity index (χ3v) is 14.8. The number of aromatic hydroxyl groups is 2. The molecule has 13 atom stereocenters. The summed E-state index contributed by atoms with van der Waals surface area (Å²) in [5.41, 5.74) is 7.63. The number of halogens is 1. The molecule has 3 saturated heterocycles. The number of fused-ring (bicyclic) bond motifs is 2. The van der Waals surface area contributed by atoms with Gasteiger partial charge in [-0.15, -0.1) is 12.4 Å². The quantitative estimate of drug-likeness (QED) is 0.0458. The number of nitrogens with one attached hydrogen (secondary N) is 5.